The first kappa shape index (κ1) is 10.2. The van der Waals surface area contributed by atoms with Gasteiger partial charge in [-0.1, -0.05) is 6.92 Å². The number of hydrogen-bond donors (Lipinski definition) is 1. The average molecular weight is 222 g/mol. The van der Waals surface area contributed by atoms with Crippen molar-refractivity contribution in [1.82, 2.24) is 20.1 Å². The zero-order valence-corrected chi connectivity index (χ0v) is 9.81. The maximum absolute atomic E-state index is 5.77. The van der Waals surface area contributed by atoms with Gasteiger partial charge in [-0.3, -0.25) is 0 Å². The van der Waals surface area contributed by atoms with E-state index in [1.807, 2.05) is 0 Å². The summed E-state index contributed by atoms with van der Waals surface area (Å²) in [6.45, 7) is 7.14. The van der Waals surface area contributed by atoms with Gasteiger partial charge in [-0.25, -0.2) is 0 Å². The molecule has 0 radical (unpaired) electrons. The Morgan fingerprint density at radius 1 is 1.31 bits per heavy atom. The average Bonchev–Trinajstić information content (AvgIpc) is 2.84. The molecule has 0 bridgehead atoms. The molecule has 88 valence electrons. The zero-order chi connectivity index (χ0) is 11.1. The van der Waals surface area contributed by atoms with Crippen molar-refractivity contribution in [3.63, 3.8) is 0 Å². The lowest BCUT2D eigenvalue weighted by Gasteiger charge is -2.23. The van der Waals surface area contributed by atoms with Gasteiger partial charge in [-0.15, -0.1) is 10.2 Å². The van der Waals surface area contributed by atoms with Crippen LogP contribution in [0.25, 0.3) is 0 Å². The third-order valence-corrected chi connectivity index (χ3v) is 3.62. The Balaban J connectivity index is 1.96. The zero-order valence-electron chi connectivity index (χ0n) is 9.81. The summed E-state index contributed by atoms with van der Waals surface area (Å²) >= 11 is 0. The molecule has 5 heteroatoms. The quantitative estimate of drug-likeness (QED) is 0.771. The second-order valence-corrected chi connectivity index (χ2v) is 4.80. The van der Waals surface area contributed by atoms with Gasteiger partial charge in [-0.2, -0.15) is 0 Å². The molecule has 5 nitrogen and oxygen atoms in total. The topological polar surface area (TPSA) is 52.0 Å². The molecule has 3 rings (SSSR count). The number of fused-ring (bicyclic) bond motifs is 1. The van der Waals surface area contributed by atoms with Crippen LogP contribution in [0.5, 0.6) is 0 Å². The smallest absolute Gasteiger partial charge is 0.162 e. The normalized spacial score (nSPS) is 34.0. The maximum Gasteiger partial charge on any atom is 0.162 e. The van der Waals surface area contributed by atoms with Crippen molar-refractivity contribution < 1.29 is 4.74 Å². The van der Waals surface area contributed by atoms with E-state index in [1.54, 1.807) is 0 Å². The molecular weight excluding hydrogens is 204 g/mol. The van der Waals surface area contributed by atoms with Crippen LogP contribution in [0.3, 0.4) is 0 Å². The number of ether oxygens (including phenoxy) is 1. The second kappa shape index (κ2) is 3.82. The van der Waals surface area contributed by atoms with Gasteiger partial charge in [-0.05, 0) is 19.3 Å². The Bertz CT molecular complexity index is 389. The van der Waals surface area contributed by atoms with Crippen molar-refractivity contribution in [2.45, 2.75) is 39.0 Å². The van der Waals surface area contributed by atoms with E-state index in [-0.39, 0.29) is 6.10 Å². The SMILES string of the molecule is CC1NCCn2c1nnc2C1OCCC1C. The van der Waals surface area contributed by atoms with E-state index in [4.69, 9.17) is 4.74 Å². The molecule has 1 N–H and O–H groups in total. The van der Waals surface area contributed by atoms with Gasteiger partial charge < -0.3 is 14.6 Å². The summed E-state index contributed by atoms with van der Waals surface area (Å²) < 4.78 is 8.00. The molecule has 3 atom stereocenters. The van der Waals surface area contributed by atoms with E-state index in [1.165, 1.54) is 0 Å². The molecule has 2 aliphatic heterocycles. The molecule has 1 fully saturated rings. The molecule has 0 aliphatic carbocycles. The summed E-state index contributed by atoms with van der Waals surface area (Å²) in [6, 6.07) is 0.298. The molecule has 0 amide bonds. The first-order valence-electron chi connectivity index (χ1n) is 6.05. The lowest BCUT2D eigenvalue weighted by molar-refractivity contribution is 0.0832. The van der Waals surface area contributed by atoms with Gasteiger partial charge in [0.05, 0.1) is 6.04 Å². The molecule has 1 aromatic heterocycles. The summed E-state index contributed by atoms with van der Waals surface area (Å²) in [5.74, 6) is 2.62. The van der Waals surface area contributed by atoms with Gasteiger partial charge >= 0.3 is 0 Å². The fourth-order valence-corrected chi connectivity index (χ4v) is 2.60. The summed E-state index contributed by atoms with van der Waals surface area (Å²) in [6.07, 6.45) is 1.27. The van der Waals surface area contributed by atoms with Crippen LogP contribution in [0.4, 0.5) is 0 Å². The van der Waals surface area contributed by atoms with Crippen molar-refractivity contribution in [2.24, 2.45) is 5.92 Å². The van der Waals surface area contributed by atoms with Crippen LogP contribution in [-0.4, -0.2) is 27.9 Å². The highest BCUT2D eigenvalue weighted by Gasteiger charge is 2.32. The molecule has 0 saturated carbocycles. The lowest BCUT2D eigenvalue weighted by Crippen LogP contribution is -2.33. The highest BCUT2D eigenvalue weighted by molar-refractivity contribution is 5.07. The fourth-order valence-electron chi connectivity index (χ4n) is 2.60. The Morgan fingerprint density at radius 3 is 2.88 bits per heavy atom. The molecule has 1 aromatic rings. The number of rotatable bonds is 1. The van der Waals surface area contributed by atoms with Crippen LogP contribution in [-0.2, 0) is 11.3 Å². The predicted molar refractivity (Wildman–Crippen MR) is 58.9 cm³/mol. The van der Waals surface area contributed by atoms with E-state index in [9.17, 15) is 0 Å². The maximum atomic E-state index is 5.77. The summed E-state index contributed by atoms with van der Waals surface area (Å²) in [5.41, 5.74) is 0. The second-order valence-electron chi connectivity index (χ2n) is 4.80. The highest BCUT2D eigenvalue weighted by Crippen LogP contribution is 2.34. The van der Waals surface area contributed by atoms with E-state index in [0.717, 1.165) is 37.8 Å². The van der Waals surface area contributed by atoms with Crippen molar-refractivity contribution in [2.75, 3.05) is 13.2 Å². The van der Waals surface area contributed by atoms with Gasteiger partial charge in [0.15, 0.2) is 5.82 Å². The molecule has 1 saturated heterocycles. The fraction of sp³-hybridized carbons (Fsp3) is 0.818. The summed E-state index contributed by atoms with van der Waals surface area (Å²) in [5, 5.41) is 12.0. The van der Waals surface area contributed by atoms with Crippen LogP contribution in [0, 0.1) is 5.92 Å². The Labute approximate surface area is 95.2 Å². The minimum absolute atomic E-state index is 0.145. The van der Waals surface area contributed by atoms with E-state index in [2.05, 4.69) is 33.9 Å². The first-order valence-corrected chi connectivity index (χ1v) is 6.05. The molecule has 2 aliphatic rings. The van der Waals surface area contributed by atoms with Gasteiger partial charge in [0.25, 0.3) is 0 Å². The predicted octanol–water partition coefficient (Wildman–Crippen LogP) is 1.04. The van der Waals surface area contributed by atoms with Crippen LogP contribution in [0.2, 0.25) is 0 Å². The molecular formula is C11H18N4O. The molecule has 3 heterocycles. The third kappa shape index (κ3) is 1.46. The highest BCUT2D eigenvalue weighted by atomic mass is 16.5. The van der Waals surface area contributed by atoms with E-state index in [0.29, 0.717) is 12.0 Å². The van der Waals surface area contributed by atoms with Crippen molar-refractivity contribution in [3.05, 3.63) is 11.6 Å². The molecule has 0 spiro atoms. The van der Waals surface area contributed by atoms with Crippen LogP contribution < -0.4 is 5.32 Å². The Hall–Kier alpha value is -0.940. The van der Waals surface area contributed by atoms with E-state index >= 15 is 0 Å². The van der Waals surface area contributed by atoms with Crippen LogP contribution >= 0.6 is 0 Å². The van der Waals surface area contributed by atoms with Crippen molar-refractivity contribution in [1.29, 1.82) is 0 Å². The summed E-state index contributed by atoms with van der Waals surface area (Å²) in [4.78, 5) is 0. The minimum Gasteiger partial charge on any atom is -0.370 e. The Morgan fingerprint density at radius 2 is 2.12 bits per heavy atom. The van der Waals surface area contributed by atoms with E-state index < -0.39 is 0 Å². The molecule has 16 heavy (non-hydrogen) atoms. The number of hydrogen-bond acceptors (Lipinski definition) is 4. The first-order chi connectivity index (χ1) is 7.77. The summed E-state index contributed by atoms with van der Waals surface area (Å²) in [7, 11) is 0. The van der Waals surface area contributed by atoms with Crippen LogP contribution in [0.1, 0.15) is 44.1 Å². The monoisotopic (exact) mass is 222 g/mol. The van der Waals surface area contributed by atoms with Crippen molar-refractivity contribution >= 4 is 0 Å². The molecule has 0 aromatic carbocycles. The molecule has 3 unspecified atom stereocenters. The number of nitrogens with zero attached hydrogens (tertiary/aromatic N) is 3. The standard InChI is InChI=1S/C11H18N4O/c1-7-3-6-16-9(7)11-14-13-10-8(2)12-4-5-15(10)11/h7-9,12H,3-6H2,1-2H3. The van der Waals surface area contributed by atoms with Gasteiger partial charge in [0.2, 0.25) is 0 Å². The van der Waals surface area contributed by atoms with Gasteiger partial charge in [0, 0.05) is 19.7 Å². The van der Waals surface area contributed by atoms with Crippen LogP contribution in [0.15, 0.2) is 0 Å². The lowest BCUT2D eigenvalue weighted by atomic mass is 10.0. The largest absolute Gasteiger partial charge is 0.370 e. The van der Waals surface area contributed by atoms with Gasteiger partial charge in [0.1, 0.15) is 11.9 Å². The number of aromatic nitrogens is 3. The van der Waals surface area contributed by atoms with Crippen molar-refractivity contribution in [3.8, 4) is 0 Å². The Kier molecular flexibility index (Phi) is 2.44. The third-order valence-electron chi connectivity index (χ3n) is 3.62. The minimum atomic E-state index is 0.145. The number of nitrogens with one attached hydrogen (secondary N) is 1.